The van der Waals surface area contributed by atoms with Gasteiger partial charge >= 0.3 is 0 Å². The molecular formula is C10H15N3. The number of rotatable bonds is 0. The molecule has 0 bridgehead atoms. The Hall–Kier alpha value is -1.51. The van der Waals surface area contributed by atoms with E-state index in [0.29, 0.717) is 0 Å². The molecule has 1 aromatic heterocycles. The van der Waals surface area contributed by atoms with Gasteiger partial charge in [0.1, 0.15) is 0 Å². The first-order valence-corrected chi connectivity index (χ1v) is 4.47. The number of hydrogen-bond donors (Lipinski definition) is 1. The summed E-state index contributed by atoms with van der Waals surface area (Å²) in [6.07, 6.45) is 1.76. The lowest BCUT2D eigenvalue weighted by atomic mass is 10.2. The molecule has 2 aromatic rings. The van der Waals surface area contributed by atoms with Gasteiger partial charge in [-0.15, -0.1) is 0 Å². The van der Waals surface area contributed by atoms with E-state index in [0.717, 1.165) is 10.9 Å². The third kappa shape index (κ3) is 1.80. The average molecular weight is 177 g/mol. The van der Waals surface area contributed by atoms with Crippen LogP contribution < -0.4 is 5.84 Å². The number of aryl methyl sites for hydroxylation is 1. The van der Waals surface area contributed by atoms with Crippen LogP contribution >= 0.6 is 0 Å². The smallest absolute Gasteiger partial charge is 0.0918 e. The van der Waals surface area contributed by atoms with E-state index in [-0.39, 0.29) is 0 Å². The topological polar surface area (TPSA) is 43.8 Å². The predicted octanol–water partition coefficient (Wildman–Crippen LogP) is 2.08. The van der Waals surface area contributed by atoms with Gasteiger partial charge in [-0.3, -0.25) is 0 Å². The molecule has 13 heavy (non-hydrogen) atoms. The fourth-order valence-corrected chi connectivity index (χ4v) is 1.15. The molecule has 0 amide bonds. The minimum Gasteiger partial charge on any atom is -0.323 e. The number of benzene rings is 1. The molecule has 0 radical (unpaired) electrons. The molecule has 0 fully saturated rings. The number of nitrogens with zero attached hydrogens (tertiary/aromatic N) is 2. The van der Waals surface area contributed by atoms with Crippen molar-refractivity contribution in [3.05, 3.63) is 30.0 Å². The number of hydrogen-bond acceptors (Lipinski definition) is 2. The van der Waals surface area contributed by atoms with Crippen molar-refractivity contribution < 1.29 is 0 Å². The lowest BCUT2D eigenvalue weighted by molar-refractivity contribution is 0.862. The molecule has 0 aliphatic heterocycles. The molecule has 3 heteroatoms. The van der Waals surface area contributed by atoms with Gasteiger partial charge in [-0.2, -0.15) is 9.89 Å². The molecule has 0 aliphatic rings. The van der Waals surface area contributed by atoms with Crippen molar-refractivity contribution in [2.24, 2.45) is 0 Å². The average Bonchev–Trinajstić information content (AvgIpc) is 2.52. The maximum Gasteiger partial charge on any atom is 0.0918 e. The van der Waals surface area contributed by atoms with Crippen molar-refractivity contribution in [1.29, 1.82) is 0 Å². The summed E-state index contributed by atoms with van der Waals surface area (Å²) in [4.78, 5) is 1.39. The van der Waals surface area contributed by atoms with Crippen LogP contribution in [0.2, 0.25) is 0 Å². The molecule has 1 heterocycles. The summed E-state index contributed by atoms with van der Waals surface area (Å²) in [5.74, 6) is 5.55. The first-order valence-electron chi connectivity index (χ1n) is 4.47. The molecule has 3 nitrogen and oxygen atoms in total. The molecule has 1 aromatic carbocycles. The van der Waals surface area contributed by atoms with Gasteiger partial charge in [-0.1, -0.05) is 26.0 Å². The summed E-state index contributed by atoms with van der Waals surface area (Å²) in [7, 11) is 0. The number of aromatic nitrogens is 2. The lowest BCUT2D eigenvalue weighted by Gasteiger charge is -1.94. The van der Waals surface area contributed by atoms with Crippen LogP contribution in [0.4, 0.5) is 0 Å². The Kier molecular flexibility index (Phi) is 2.90. The summed E-state index contributed by atoms with van der Waals surface area (Å²) in [6.45, 7) is 6.03. The highest BCUT2D eigenvalue weighted by Gasteiger charge is 1.97. The van der Waals surface area contributed by atoms with E-state index < -0.39 is 0 Å². The van der Waals surface area contributed by atoms with Gasteiger partial charge in [0, 0.05) is 5.39 Å². The minimum absolute atomic E-state index is 0.977. The Bertz CT molecular complexity index is 390. The molecular weight excluding hydrogens is 162 g/mol. The van der Waals surface area contributed by atoms with E-state index in [1.165, 1.54) is 10.4 Å². The monoisotopic (exact) mass is 177 g/mol. The lowest BCUT2D eigenvalue weighted by Crippen LogP contribution is -2.08. The third-order valence-corrected chi connectivity index (χ3v) is 1.75. The predicted molar refractivity (Wildman–Crippen MR) is 56.0 cm³/mol. The standard InChI is InChI=1S/C8H9N3.C2H6/c1-6-2-3-7-5-10-11(9)8(7)4-6;1-2/h2-5H,9H2,1H3;1-2H3. The highest BCUT2D eigenvalue weighted by atomic mass is 15.5. The second kappa shape index (κ2) is 3.94. The van der Waals surface area contributed by atoms with Crippen molar-refractivity contribution >= 4 is 10.9 Å². The van der Waals surface area contributed by atoms with Crippen molar-refractivity contribution in [2.75, 3.05) is 5.84 Å². The zero-order valence-corrected chi connectivity index (χ0v) is 8.28. The summed E-state index contributed by atoms with van der Waals surface area (Å²) < 4.78 is 0. The minimum atomic E-state index is 0.977. The first kappa shape index (κ1) is 9.58. The summed E-state index contributed by atoms with van der Waals surface area (Å²) in [5.41, 5.74) is 2.18. The van der Waals surface area contributed by atoms with E-state index in [4.69, 9.17) is 5.84 Å². The van der Waals surface area contributed by atoms with E-state index in [1.807, 2.05) is 39.0 Å². The van der Waals surface area contributed by atoms with Crippen LogP contribution in [0, 0.1) is 6.92 Å². The zero-order chi connectivity index (χ0) is 9.84. The second-order valence-electron chi connectivity index (χ2n) is 2.65. The van der Waals surface area contributed by atoms with E-state index in [2.05, 4.69) is 5.10 Å². The quantitative estimate of drug-likeness (QED) is 0.626. The van der Waals surface area contributed by atoms with Crippen molar-refractivity contribution in [2.45, 2.75) is 20.8 Å². The SMILES string of the molecule is CC.Cc1ccc2cnn(N)c2c1. The number of nitrogens with two attached hydrogens (primary N) is 1. The van der Waals surface area contributed by atoms with E-state index in [1.54, 1.807) is 6.20 Å². The van der Waals surface area contributed by atoms with Crippen molar-refractivity contribution in [1.82, 2.24) is 9.89 Å². The van der Waals surface area contributed by atoms with E-state index in [9.17, 15) is 0 Å². The van der Waals surface area contributed by atoms with Crippen LogP contribution in [0.3, 0.4) is 0 Å². The van der Waals surface area contributed by atoms with Gasteiger partial charge in [0.05, 0.1) is 11.7 Å². The molecule has 0 unspecified atom stereocenters. The van der Waals surface area contributed by atoms with Gasteiger partial charge < -0.3 is 5.84 Å². The van der Waals surface area contributed by atoms with Gasteiger partial charge in [0.25, 0.3) is 0 Å². The van der Waals surface area contributed by atoms with Gasteiger partial charge in [-0.25, -0.2) is 0 Å². The largest absolute Gasteiger partial charge is 0.323 e. The van der Waals surface area contributed by atoms with Crippen molar-refractivity contribution in [3.8, 4) is 0 Å². The number of fused-ring (bicyclic) bond motifs is 1. The molecule has 70 valence electrons. The molecule has 0 spiro atoms. The summed E-state index contributed by atoms with van der Waals surface area (Å²) >= 11 is 0. The molecule has 2 rings (SSSR count). The van der Waals surface area contributed by atoms with Crippen LogP contribution in [-0.4, -0.2) is 9.89 Å². The Labute approximate surface area is 78.1 Å². The van der Waals surface area contributed by atoms with Crippen LogP contribution in [0.1, 0.15) is 19.4 Å². The Balaban J connectivity index is 0.000000396. The maximum atomic E-state index is 5.55. The molecule has 0 saturated heterocycles. The maximum absolute atomic E-state index is 5.55. The van der Waals surface area contributed by atoms with Gasteiger partial charge in [0.15, 0.2) is 0 Å². The first-order chi connectivity index (χ1) is 6.27. The summed E-state index contributed by atoms with van der Waals surface area (Å²) in [6, 6.07) is 6.08. The highest BCUT2D eigenvalue weighted by molar-refractivity contribution is 5.79. The Morgan fingerprint density at radius 3 is 2.69 bits per heavy atom. The van der Waals surface area contributed by atoms with Crippen LogP contribution in [0.15, 0.2) is 24.4 Å². The van der Waals surface area contributed by atoms with Gasteiger partial charge in [-0.05, 0) is 18.6 Å². The van der Waals surface area contributed by atoms with Gasteiger partial charge in [0.2, 0.25) is 0 Å². The van der Waals surface area contributed by atoms with Crippen LogP contribution in [0.25, 0.3) is 10.9 Å². The fraction of sp³-hybridized carbons (Fsp3) is 0.300. The highest BCUT2D eigenvalue weighted by Crippen LogP contribution is 2.12. The molecule has 0 aliphatic carbocycles. The summed E-state index contributed by atoms with van der Waals surface area (Å²) in [5, 5.41) is 5.01. The Morgan fingerprint density at radius 2 is 2.00 bits per heavy atom. The molecule has 0 atom stereocenters. The normalized spacial score (nSPS) is 9.46. The van der Waals surface area contributed by atoms with Crippen molar-refractivity contribution in [3.63, 3.8) is 0 Å². The van der Waals surface area contributed by atoms with Crippen LogP contribution in [0.5, 0.6) is 0 Å². The van der Waals surface area contributed by atoms with E-state index >= 15 is 0 Å². The van der Waals surface area contributed by atoms with Crippen LogP contribution in [-0.2, 0) is 0 Å². The number of nitrogen functional groups attached to an aromatic ring is 1. The Morgan fingerprint density at radius 1 is 1.31 bits per heavy atom. The fourth-order valence-electron chi connectivity index (χ4n) is 1.15. The third-order valence-electron chi connectivity index (χ3n) is 1.75. The second-order valence-corrected chi connectivity index (χ2v) is 2.65. The molecule has 2 N–H and O–H groups in total. The zero-order valence-electron chi connectivity index (χ0n) is 8.28. The molecule has 0 saturated carbocycles.